The van der Waals surface area contributed by atoms with E-state index in [0.29, 0.717) is 5.65 Å². The third-order valence-corrected chi connectivity index (χ3v) is 3.90. The van der Waals surface area contributed by atoms with Gasteiger partial charge in [-0.2, -0.15) is 0 Å². The number of nitro benzene ring substituents is 1. The fraction of sp³-hybridized carbons (Fsp3) is 0.167. The summed E-state index contributed by atoms with van der Waals surface area (Å²) in [6.07, 6.45) is 0. The molecule has 1 aromatic carbocycles. The van der Waals surface area contributed by atoms with E-state index in [9.17, 15) is 19.7 Å². The molecular formula is C18H15N3O6. The van der Waals surface area contributed by atoms with Crippen molar-refractivity contribution in [1.29, 1.82) is 0 Å². The number of nitro groups is 1. The zero-order valence-electron chi connectivity index (χ0n) is 14.5. The second-order valence-corrected chi connectivity index (χ2v) is 5.66. The summed E-state index contributed by atoms with van der Waals surface area (Å²) in [5.74, 6) is -0.672. The summed E-state index contributed by atoms with van der Waals surface area (Å²) in [6.45, 7) is 1.52. The number of nitrogens with zero attached hydrogens (tertiary/aromatic N) is 3. The SMILES string of the molecule is COc1ccc([N+](=O)[O-])cc1C(=O)OCc1cc(=O)n2c(C)cccc2n1. The number of methoxy groups -OCH3 is 1. The Morgan fingerprint density at radius 2 is 2.04 bits per heavy atom. The van der Waals surface area contributed by atoms with E-state index in [2.05, 4.69) is 4.98 Å². The number of carbonyl (C=O) groups excluding carboxylic acids is 1. The minimum absolute atomic E-state index is 0.0833. The normalized spacial score (nSPS) is 10.6. The molecule has 2 heterocycles. The molecule has 3 rings (SSSR count). The Kier molecular flexibility index (Phi) is 4.84. The molecule has 0 saturated heterocycles. The molecule has 0 aliphatic heterocycles. The number of rotatable bonds is 5. The standard InChI is InChI=1S/C18H15N3O6/c1-11-4-3-5-16-19-12(8-17(22)20(11)16)10-27-18(23)14-9-13(21(24)25)6-7-15(14)26-2/h3-9H,10H2,1-2H3. The van der Waals surface area contributed by atoms with E-state index in [1.165, 1.54) is 29.7 Å². The van der Waals surface area contributed by atoms with Crippen molar-refractivity contribution in [2.75, 3.05) is 7.11 Å². The number of benzene rings is 1. The second-order valence-electron chi connectivity index (χ2n) is 5.66. The summed E-state index contributed by atoms with van der Waals surface area (Å²) in [5.41, 5.74) is 0.789. The van der Waals surface area contributed by atoms with Gasteiger partial charge >= 0.3 is 5.97 Å². The molecule has 0 N–H and O–H groups in total. The average molecular weight is 369 g/mol. The molecule has 0 amide bonds. The molecule has 2 aromatic heterocycles. The second kappa shape index (κ2) is 7.24. The van der Waals surface area contributed by atoms with Crippen LogP contribution in [0.15, 0.2) is 47.3 Å². The maximum Gasteiger partial charge on any atom is 0.342 e. The zero-order valence-corrected chi connectivity index (χ0v) is 14.5. The average Bonchev–Trinajstić information content (AvgIpc) is 2.65. The van der Waals surface area contributed by atoms with Crippen molar-refractivity contribution in [2.45, 2.75) is 13.5 Å². The fourth-order valence-corrected chi connectivity index (χ4v) is 2.62. The number of hydrogen-bond acceptors (Lipinski definition) is 7. The molecule has 0 saturated carbocycles. The van der Waals surface area contributed by atoms with Crippen LogP contribution in [0.3, 0.4) is 0 Å². The first-order valence-corrected chi connectivity index (χ1v) is 7.88. The van der Waals surface area contributed by atoms with Crippen LogP contribution in [0.25, 0.3) is 5.65 Å². The van der Waals surface area contributed by atoms with Gasteiger partial charge in [-0.3, -0.25) is 19.3 Å². The minimum atomic E-state index is -0.818. The van der Waals surface area contributed by atoms with Gasteiger partial charge in [0.2, 0.25) is 0 Å². The maximum absolute atomic E-state index is 12.3. The van der Waals surface area contributed by atoms with Crippen molar-refractivity contribution >= 4 is 17.3 Å². The van der Waals surface area contributed by atoms with Crippen LogP contribution in [0, 0.1) is 17.0 Å². The van der Waals surface area contributed by atoms with Gasteiger partial charge in [-0.15, -0.1) is 0 Å². The van der Waals surface area contributed by atoms with Gasteiger partial charge in [0.1, 0.15) is 23.6 Å². The van der Waals surface area contributed by atoms with Crippen LogP contribution in [0.5, 0.6) is 5.75 Å². The molecule has 9 nitrogen and oxygen atoms in total. The highest BCUT2D eigenvalue weighted by Gasteiger charge is 2.19. The van der Waals surface area contributed by atoms with Gasteiger partial charge in [0.15, 0.2) is 0 Å². The van der Waals surface area contributed by atoms with E-state index >= 15 is 0 Å². The number of non-ortho nitro benzene ring substituents is 1. The minimum Gasteiger partial charge on any atom is -0.496 e. The number of ether oxygens (including phenoxy) is 2. The molecule has 27 heavy (non-hydrogen) atoms. The quantitative estimate of drug-likeness (QED) is 0.385. The van der Waals surface area contributed by atoms with E-state index in [-0.39, 0.29) is 34.9 Å². The Morgan fingerprint density at radius 3 is 2.74 bits per heavy atom. The summed E-state index contributed by atoms with van der Waals surface area (Å²) in [4.78, 5) is 39.2. The lowest BCUT2D eigenvalue weighted by Gasteiger charge is -2.09. The summed E-state index contributed by atoms with van der Waals surface area (Å²) < 4.78 is 11.7. The van der Waals surface area contributed by atoms with Crippen LogP contribution in [-0.4, -0.2) is 27.4 Å². The summed E-state index contributed by atoms with van der Waals surface area (Å²) >= 11 is 0. The number of pyridine rings is 1. The van der Waals surface area contributed by atoms with Gasteiger partial charge in [0, 0.05) is 23.9 Å². The van der Waals surface area contributed by atoms with Gasteiger partial charge in [-0.1, -0.05) is 6.07 Å². The molecule has 0 bridgehead atoms. The molecular weight excluding hydrogens is 354 g/mol. The Hall–Kier alpha value is -3.75. The number of carbonyl (C=O) groups is 1. The van der Waals surface area contributed by atoms with Crippen LogP contribution in [0.4, 0.5) is 5.69 Å². The first-order chi connectivity index (χ1) is 12.9. The van der Waals surface area contributed by atoms with Crippen molar-refractivity contribution in [3.05, 3.63) is 79.9 Å². The zero-order chi connectivity index (χ0) is 19.6. The highest BCUT2D eigenvalue weighted by atomic mass is 16.6. The number of aromatic nitrogens is 2. The van der Waals surface area contributed by atoms with Gasteiger partial charge < -0.3 is 9.47 Å². The van der Waals surface area contributed by atoms with Crippen LogP contribution < -0.4 is 10.3 Å². The molecule has 0 fully saturated rings. The van der Waals surface area contributed by atoms with Crippen molar-refractivity contribution in [1.82, 2.24) is 9.38 Å². The van der Waals surface area contributed by atoms with Crippen LogP contribution in [-0.2, 0) is 11.3 Å². The third-order valence-electron chi connectivity index (χ3n) is 3.90. The molecule has 0 unspecified atom stereocenters. The number of aryl methyl sites for hydroxylation is 1. The van der Waals surface area contributed by atoms with Crippen LogP contribution in [0.1, 0.15) is 21.7 Å². The summed E-state index contributed by atoms with van der Waals surface area (Å²) in [6, 6.07) is 10.1. The van der Waals surface area contributed by atoms with Crippen LogP contribution >= 0.6 is 0 Å². The molecule has 138 valence electrons. The summed E-state index contributed by atoms with van der Waals surface area (Å²) in [5, 5.41) is 10.9. The molecule has 0 aliphatic rings. The third kappa shape index (κ3) is 3.61. The van der Waals surface area contributed by atoms with Crippen LogP contribution in [0.2, 0.25) is 0 Å². The van der Waals surface area contributed by atoms with E-state index in [1.54, 1.807) is 25.1 Å². The van der Waals surface area contributed by atoms with E-state index in [4.69, 9.17) is 9.47 Å². The van der Waals surface area contributed by atoms with Crippen molar-refractivity contribution < 1.29 is 19.2 Å². The molecule has 9 heteroatoms. The topological polar surface area (TPSA) is 113 Å². The lowest BCUT2D eigenvalue weighted by Crippen LogP contribution is -2.18. The molecule has 0 atom stereocenters. The molecule has 0 aliphatic carbocycles. The Balaban J connectivity index is 1.86. The lowest BCUT2D eigenvalue weighted by molar-refractivity contribution is -0.384. The van der Waals surface area contributed by atoms with Crippen molar-refractivity contribution in [3.8, 4) is 5.75 Å². The first kappa shape index (κ1) is 18.1. The Morgan fingerprint density at radius 1 is 1.26 bits per heavy atom. The molecule has 0 spiro atoms. The molecule has 3 aromatic rings. The van der Waals surface area contributed by atoms with E-state index < -0.39 is 10.9 Å². The number of hydrogen-bond donors (Lipinski definition) is 0. The predicted molar refractivity (Wildman–Crippen MR) is 95.0 cm³/mol. The molecule has 0 radical (unpaired) electrons. The number of fused-ring (bicyclic) bond motifs is 1. The highest BCUT2D eigenvalue weighted by molar-refractivity contribution is 5.93. The van der Waals surface area contributed by atoms with E-state index in [1.807, 2.05) is 0 Å². The number of esters is 1. The highest BCUT2D eigenvalue weighted by Crippen LogP contribution is 2.25. The fourth-order valence-electron chi connectivity index (χ4n) is 2.62. The van der Waals surface area contributed by atoms with Crippen molar-refractivity contribution in [2.24, 2.45) is 0 Å². The summed E-state index contributed by atoms with van der Waals surface area (Å²) in [7, 11) is 1.34. The largest absolute Gasteiger partial charge is 0.496 e. The smallest absolute Gasteiger partial charge is 0.342 e. The Bertz CT molecular complexity index is 1110. The lowest BCUT2D eigenvalue weighted by atomic mass is 10.2. The maximum atomic E-state index is 12.3. The van der Waals surface area contributed by atoms with Gasteiger partial charge in [0.05, 0.1) is 17.7 Å². The van der Waals surface area contributed by atoms with Gasteiger partial charge in [0.25, 0.3) is 11.2 Å². The van der Waals surface area contributed by atoms with E-state index in [0.717, 1.165) is 11.8 Å². The predicted octanol–water partition coefficient (Wildman–Crippen LogP) is 2.28. The monoisotopic (exact) mass is 369 g/mol. The Labute approximate surface area is 152 Å². The van der Waals surface area contributed by atoms with Crippen molar-refractivity contribution in [3.63, 3.8) is 0 Å². The first-order valence-electron chi connectivity index (χ1n) is 7.88. The van der Waals surface area contributed by atoms with Gasteiger partial charge in [-0.05, 0) is 25.1 Å². The van der Waals surface area contributed by atoms with Gasteiger partial charge in [-0.25, -0.2) is 9.78 Å².